The van der Waals surface area contributed by atoms with E-state index < -0.39 is 0 Å². The summed E-state index contributed by atoms with van der Waals surface area (Å²) in [5, 5.41) is 3.48. The minimum atomic E-state index is 0.201. The topological polar surface area (TPSA) is 30.9 Å². The summed E-state index contributed by atoms with van der Waals surface area (Å²) in [6.45, 7) is 7.18. The maximum atomic E-state index is 4.69. The molecule has 0 aliphatic carbocycles. The Balaban J connectivity index is 2.61. The molecule has 118 valence electrons. The molecular weight excluding hydrogens is 260 g/mol. The number of nitrogens with zero attached hydrogens (tertiary/aromatic N) is 3. The first kappa shape index (κ1) is 17.5. The van der Waals surface area contributed by atoms with Gasteiger partial charge in [0.2, 0.25) is 0 Å². The van der Waals surface area contributed by atoms with Crippen LogP contribution in [0.4, 0.5) is 0 Å². The maximum absolute atomic E-state index is 4.69. The molecule has 0 heterocycles. The van der Waals surface area contributed by atoms with Crippen molar-refractivity contribution in [2.75, 3.05) is 41.3 Å². The Labute approximate surface area is 129 Å². The largest absolute Gasteiger partial charge is 0.356 e. The molecular formula is C17H30N4. The van der Waals surface area contributed by atoms with Crippen LogP contribution in [-0.2, 0) is 6.54 Å². The number of rotatable bonds is 6. The summed E-state index contributed by atoms with van der Waals surface area (Å²) in [5.41, 5.74) is 1.43. The van der Waals surface area contributed by atoms with Crippen LogP contribution in [0, 0.1) is 5.41 Å². The highest BCUT2D eigenvalue weighted by atomic mass is 15.3. The normalized spacial score (nSPS) is 12.6. The van der Waals surface area contributed by atoms with Crippen molar-refractivity contribution in [3.05, 3.63) is 35.9 Å². The second-order valence-corrected chi connectivity index (χ2v) is 6.78. The molecule has 0 atom stereocenters. The summed E-state index contributed by atoms with van der Waals surface area (Å²) in [6.07, 6.45) is 0. The van der Waals surface area contributed by atoms with Crippen LogP contribution in [0.15, 0.2) is 35.3 Å². The minimum Gasteiger partial charge on any atom is -0.356 e. The predicted octanol–water partition coefficient (Wildman–Crippen LogP) is 2.28. The van der Waals surface area contributed by atoms with Crippen LogP contribution in [-0.4, -0.2) is 57.0 Å². The van der Waals surface area contributed by atoms with Crippen molar-refractivity contribution in [2.45, 2.75) is 20.4 Å². The molecule has 1 aromatic carbocycles. The maximum Gasteiger partial charge on any atom is 0.193 e. The van der Waals surface area contributed by atoms with Gasteiger partial charge in [-0.25, -0.2) is 4.99 Å². The summed E-state index contributed by atoms with van der Waals surface area (Å²) in [4.78, 5) is 8.95. The van der Waals surface area contributed by atoms with E-state index in [1.807, 2.05) is 37.2 Å². The number of guanidine groups is 1. The standard InChI is InChI=1S/C17H30N4/c1-17(2,14-20(3)4)13-19-16(21(5)6)18-12-15-10-8-7-9-11-15/h7-11H,12-14H2,1-6H3,(H,18,19). The lowest BCUT2D eigenvalue weighted by atomic mass is 9.93. The van der Waals surface area contributed by atoms with Gasteiger partial charge in [0.1, 0.15) is 0 Å². The highest BCUT2D eigenvalue weighted by Crippen LogP contribution is 2.14. The molecule has 0 bridgehead atoms. The lowest BCUT2D eigenvalue weighted by Gasteiger charge is -2.30. The third-order valence-corrected chi connectivity index (χ3v) is 3.15. The van der Waals surface area contributed by atoms with E-state index in [1.54, 1.807) is 0 Å². The molecule has 4 heteroatoms. The second kappa shape index (κ2) is 8.03. The van der Waals surface area contributed by atoms with Crippen molar-refractivity contribution >= 4 is 5.96 Å². The Kier molecular flexibility index (Phi) is 6.69. The van der Waals surface area contributed by atoms with E-state index in [0.29, 0.717) is 6.54 Å². The van der Waals surface area contributed by atoms with E-state index in [0.717, 1.165) is 19.0 Å². The Morgan fingerprint density at radius 2 is 1.71 bits per heavy atom. The molecule has 0 amide bonds. The van der Waals surface area contributed by atoms with E-state index in [4.69, 9.17) is 4.99 Å². The highest BCUT2D eigenvalue weighted by Gasteiger charge is 2.19. The van der Waals surface area contributed by atoms with Gasteiger partial charge < -0.3 is 15.1 Å². The van der Waals surface area contributed by atoms with Crippen molar-refractivity contribution in [1.82, 2.24) is 15.1 Å². The fourth-order valence-electron chi connectivity index (χ4n) is 2.34. The number of aliphatic imine (C=N–C) groups is 1. The first-order chi connectivity index (χ1) is 9.80. The second-order valence-electron chi connectivity index (χ2n) is 6.78. The van der Waals surface area contributed by atoms with E-state index >= 15 is 0 Å². The third kappa shape index (κ3) is 7.14. The minimum absolute atomic E-state index is 0.201. The number of hydrogen-bond donors (Lipinski definition) is 1. The molecule has 0 saturated carbocycles. The first-order valence-corrected chi connectivity index (χ1v) is 7.44. The Bertz CT molecular complexity index is 435. The van der Waals surface area contributed by atoms with Gasteiger partial charge in [-0.2, -0.15) is 0 Å². The van der Waals surface area contributed by atoms with E-state index in [1.165, 1.54) is 5.56 Å². The van der Waals surface area contributed by atoms with E-state index in [9.17, 15) is 0 Å². The van der Waals surface area contributed by atoms with Gasteiger partial charge in [-0.1, -0.05) is 44.2 Å². The molecule has 4 nitrogen and oxygen atoms in total. The Hall–Kier alpha value is -1.55. The van der Waals surface area contributed by atoms with Crippen molar-refractivity contribution in [2.24, 2.45) is 10.4 Å². The van der Waals surface area contributed by atoms with Gasteiger partial charge in [0.05, 0.1) is 6.54 Å². The molecule has 0 aliphatic rings. The van der Waals surface area contributed by atoms with Crippen LogP contribution < -0.4 is 5.32 Å². The third-order valence-electron chi connectivity index (χ3n) is 3.15. The number of hydrogen-bond acceptors (Lipinski definition) is 2. The zero-order chi connectivity index (χ0) is 15.9. The summed E-state index contributed by atoms with van der Waals surface area (Å²) in [6, 6.07) is 10.3. The SMILES string of the molecule is CN(C)CC(C)(C)CNC(=NCc1ccccc1)N(C)C. The molecule has 0 spiro atoms. The fraction of sp³-hybridized carbons (Fsp3) is 0.588. The lowest BCUT2D eigenvalue weighted by Crippen LogP contribution is -2.44. The summed E-state index contributed by atoms with van der Waals surface area (Å²) in [5.74, 6) is 0.936. The number of benzene rings is 1. The summed E-state index contributed by atoms with van der Waals surface area (Å²) >= 11 is 0. The van der Waals surface area contributed by atoms with Gasteiger partial charge in [-0.15, -0.1) is 0 Å². The molecule has 0 aliphatic heterocycles. The van der Waals surface area contributed by atoms with Gasteiger partial charge in [0.25, 0.3) is 0 Å². The van der Waals surface area contributed by atoms with E-state index in [2.05, 4.69) is 50.3 Å². The van der Waals surface area contributed by atoms with E-state index in [-0.39, 0.29) is 5.41 Å². The zero-order valence-electron chi connectivity index (χ0n) is 14.3. The van der Waals surface area contributed by atoms with Crippen LogP contribution >= 0.6 is 0 Å². The predicted molar refractivity (Wildman–Crippen MR) is 91.6 cm³/mol. The summed E-state index contributed by atoms with van der Waals surface area (Å²) in [7, 11) is 8.27. The molecule has 0 radical (unpaired) electrons. The Morgan fingerprint density at radius 1 is 1.10 bits per heavy atom. The van der Waals surface area contributed by atoms with Crippen LogP contribution in [0.1, 0.15) is 19.4 Å². The average Bonchev–Trinajstić information content (AvgIpc) is 2.37. The molecule has 0 saturated heterocycles. The fourth-order valence-corrected chi connectivity index (χ4v) is 2.34. The smallest absolute Gasteiger partial charge is 0.193 e. The molecule has 1 aromatic rings. The number of nitrogens with one attached hydrogen (secondary N) is 1. The molecule has 0 fully saturated rings. The molecule has 21 heavy (non-hydrogen) atoms. The van der Waals surface area contributed by atoms with Crippen LogP contribution in [0.2, 0.25) is 0 Å². The molecule has 1 rings (SSSR count). The quantitative estimate of drug-likeness (QED) is 0.644. The highest BCUT2D eigenvalue weighted by molar-refractivity contribution is 5.79. The zero-order valence-corrected chi connectivity index (χ0v) is 14.3. The van der Waals surface area contributed by atoms with Gasteiger partial charge in [0.15, 0.2) is 5.96 Å². The van der Waals surface area contributed by atoms with Gasteiger partial charge in [0, 0.05) is 27.2 Å². The van der Waals surface area contributed by atoms with Crippen LogP contribution in [0.3, 0.4) is 0 Å². The molecule has 0 aromatic heterocycles. The van der Waals surface area contributed by atoms with Crippen molar-refractivity contribution in [3.8, 4) is 0 Å². The Morgan fingerprint density at radius 3 is 2.24 bits per heavy atom. The average molecular weight is 290 g/mol. The first-order valence-electron chi connectivity index (χ1n) is 7.44. The van der Waals surface area contributed by atoms with Crippen LogP contribution in [0.25, 0.3) is 0 Å². The monoisotopic (exact) mass is 290 g/mol. The lowest BCUT2D eigenvalue weighted by molar-refractivity contribution is 0.239. The van der Waals surface area contributed by atoms with Crippen molar-refractivity contribution in [3.63, 3.8) is 0 Å². The molecule has 1 N–H and O–H groups in total. The van der Waals surface area contributed by atoms with Crippen LogP contribution in [0.5, 0.6) is 0 Å². The van der Waals surface area contributed by atoms with Gasteiger partial charge in [-0.3, -0.25) is 0 Å². The summed E-state index contributed by atoms with van der Waals surface area (Å²) < 4.78 is 0. The molecule has 0 unspecified atom stereocenters. The van der Waals surface area contributed by atoms with Gasteiger partial charge in [-0.05, 0) is 25.1 Å². The van der Waals surface area contributed by atoms with Crippen molar-refractivity contribution in [1.29, 1.82) is 0 Å². The van der Waals surface area contributed by atoms with Crippen molar-refractivity contribution < 1.29 is 0 Å². The van der Waals surface area contributed by atoms with Gasteiger partial charge >= 0.3 is 0 Å².